The zero-order valence-electron chi connectivity index (χ0n) is 10.4. The summed E-state index contributed by atoms with van der Waals surface area (Å²) in [6, 6.07) is 0. The molecule has 1 fully saturated rings. The van der Waals surface area contributed by atoms with Crippen LogP contribution in [0, 0.1) is 5.92 Å². The van der Waals surface area contributed by atoms with Gasteiger partial charge in [0.15, 0.2) is 0 Å². The third-order valence-corrected chi connectivity index (χ3v) is 4.11. The van der Waals surface area contributed by atoms with Crippen molar-refractivity contribution < 1.29 is 0 Å². The fourth-order valence-corrected chi connectivity index (χ4v) is 2.79. The molecule has 1 heterocycles. The highest BCUT2D eigenvalue weighted by Gasteiger charge is 2.21. The maximum absolute atomic E-state index is 11.9. The summed E-state index contributed by atoms with van der Waals surface area (Å²) in [6.07, 6.45) is 5.68. The van der Waals surface area contributed by atoms with Crippen molar-refractivity contribution in [2.45, 2.75) is 51.9 Å². The standard InChI is InChI=1S/C13H19BrN2O/c1-8(2)7-10-11(14)13(17)16-12(15-10)9-5-3-4-6-9/h8-9H,3-7H2,1-2H3,(H,15,16,17). The van der Waals surface area contributed by atoms with Crippen LogP contribution in [0.15, 0.2) is 9.27 Å². The number of hydrogen-bond donors (Lipinski definition) is 1. The molecule has 1 aromatic rings. The van der Waals surface area contributed by atoms with Gasteiger partial charge in [-0.15, -0.1) is 0 Å². The molecular formula is C13H19BrN2O. The quantitative estimate of drug-likeness (QED) is 0.930. The maximum Gasteiger partial charge on any atom is 0.265 e. The van der Waals surface area contributed by atoms with Gasteiger partial charge >= 0.3 is 0 Å². The summed E-state index contributed by atoms with van der Waals surface area (Å²) >= 11 is 3.35. The van der Waals surface area contributed by atoms with Gasteiger partial charge in [-0.1, -0.05) is 26.7 Å². The Balaban J connectivity index is 2.34. The number of H-pyrrole nitrogens is 1. The van der Waals surface area contributed by atoms with Crippen LogP contribution in [0.3, 0.4) is 0 Å². The van der Waals surface area contributed by atoms with E-state index in [9.17, 15) is 4.79 Å². The van der Waals surface area contributed by atoms with Crippen molar-refractivity contribution in [1.29, 1.82) is 0 Å². The molecule has 94 valence electrons. The van der Waals surface area contributed by atoms with Gasteiger partial charge < -0.3 is 4.98 Å². The zero-order chi connectivity index (χ0) is 12.4. The number of aromatic amines is 1. The molecule has 3 nitrogen and oxygen atoms in total. The van der Waals surface area contributed by atoms with Crippen molar-refractivity contribution in [3.05, 3.63) is 26.3 Å². The van der Waals surface area contributed by atoms with Crippen molar-refractivity contribution in [2.75, 3.05) is 0 Å². The van der Waals surface area contributed by atoms with Gasteiger partial charge in [0.2, 0.25) is 0 Å². The van der Waals surface area contributed by atoms with E-state index in [-0.39, 0.29) is 5.56 Å². The average molecular weight is 299 g/mol. The lowest BCUT2D eigenvalue weighted by molar-refractivity contribution is 0.607. The van der Waals surface area contributed by atoms with E-state index >= 15 is 0 Å². The maximum atomic E-state index is 11.9. The average Bonchev–Trinajstić information content (AvgIpc) is 2.77. The van der Waals surface area contributed by atoms with Crippen LogP contribution in [0.25, 0.3) is 0 Å². The summed E-state index contributed by atoms with van der Waals surface area (Å²) in [5.41, 5.74) is 0.878. The molecule has 0 unspecified atom stereocenters. The fraction of sp³-hybridized carbons (Fsp3) is 0.692. The molecule has 0 aliphatic heterocycles. The molecule has 0 radical (unpaired) electrons. The van der Waals surface area contributed by atoms with Gasteiger partial charge in [-0.2, -0.15) is 0 Å². The predicted molar refractivity (Wildman–Crippen MR) is 72.3 cm³/mol. The molecule has 0 amide bonds. The summed E-state index contributed by atoms with van der Waals surface area (Å²) < 4.78 is 0.605. The Morgan fingerprint density at radius 3 is 2.65 bits per heavy atom. The van der Waals surface area contributed by atoms with E-state index < -0.39 is 0 Å². The van der Waals surface area contributed by atoms with Gasteiger partial charge in [-0.25, -0.2) is 4.98 Å². The Hall–Kier alpha value is -0.640. The number of hydrogen-bond acceptors (Lipinski definition) is 2. The lowest BCUT2D eigenvalue weighted by Crippen LogP contribution is -2.18. The van der Waals surface area contributed by atoms with E-state index in [4.69, 9.17) is 0 Å². The Bertz CT molecular complexity index is 447. The first-order valence-corrected chi connectivity index (χ1v) is 7.15. The third kappa shape index (κ3) is 2.97. The summed E-state index contributed by atoms with van der Waals surface area (Å²) in [4.78, 5) is 19.4. The van der Waals surface area contributed by atoms with E-state index in [1.54, 1.807) is 0 Å². The molecular weight excluding hydrogens is 280 g/mol. The number of nitrogens with one attached hydrogen (secondary N) is 1. The van der Waals surface area contributed by atoms with E-state index in [1.807, 2.05) is 0 Å². The topological polar surface area (TPSA) is 45.8 Å². The van der Waals surface area contributed by atoms with E-state index in [1.165, 1.54) is 12.8 Å². The van der Waals surface area contributed by atoms with Crippen LogP contribution >= 0.6 is 15.9 Å². The number of nitrogens with zero attached hydrogens (tertiary/aromatic N) is 1. The predicted octanol–water partition coefficient (Wildman–Crippen LogP) is 3.39. The molecule has 0 bridgehead atoms. The number of rotatable bonds is 3. The van der Waals surface area contributed by atoms with Crippen molar-refractivity contribution in [3.8, 4) is 0 Å². The van der Waals surface area contributed by atoms with Crippen LogP contribution in [0.5, 0.6) is 0 Å². The molecule has 2 rings (SSSR count). The van der Waals surface area contributed by atoms with E-state index in [2.05, 4.69) is 39.7 Å². The largest absolute Gasteiger partial charge is 0.309 e. The lowest BCUT2D eigenvalue weighted by Gasteiger charge is -2.12. The van der Waals surface area contributed by atoms with Gasteiger partial charge in [-0.05, 0) is 41.1 Å². The van der Waals surface area contributed by atoms with Crippen molar-refractivity contribution in [3.63, 3.8) is 0 Å². The molecule has 0 aromatic carbocycles. The second-order valence-electron chi connectivity index (χ2n) is 5.29. The molecule has 1 saturated carbocycles. The lowest BCUT2D eigenvalue weighted by atomic mass is 10.1. The molecule has 0 spiro atoms. The molecule has 17 heavy (non-hydrogen) atoms. The second kappa shape index (κ2) is 5.34. The highest BCUT2D eigenvalue weighted by molar-refractivity contribution is 9.10. The van der Waals surface area contributed by atoms with Crippen LogP contribution in [-0.4, -0.2) is 9.97 Å². The molecule has 1 aliphatic rings. The summed E-state index contributed by atoms with van der Waals surface area (Å²) in [7, 11) is 0. The monoisotopic (exact) mass is 298 g/mol. The van der Waals surface area contributed by atoms with Crippen LogP contribution in [-0.2, 0) is 6.42 Å². The van der Waals surface area contributed by atoms with Crippen LogP contribution < -0.4 is 5.56 Å². The van der Waals surface area contributed by atoms with Crippen molar-refractivity contribution in [2.24, 2.45) is 5.92 Å². The molecule has 1 aliphatic carbocycles. The first-order chi connectivity index (χ1) is 8.08. The molecule has 4 heteroatoms. The Kier molecular flexibility index (Phi) is 4.02. The number of halogens is 1. The van der Waals surface area contributed by atoms with E-state index in [0.717, 1.165) is 30.8 Å². The Labute approximate surface area is 110 Å². The van der Waals surface area contributed by atoms with Gasteiger partial charge in [0, 0.05) is 5.92 Å². The minimum atomic E-state index is -0.0300. The normalized spacial score (nSPS) is 16.9. The van der Waals surface area contributed by atoms with Crippen molar-refractivity contribution in [1.82, 2.24) is 9.97 Å². The highest BCUT2D eigenvalue weighted by Crippen LogP contribution is 2.32. The smallest absolute Gasteiger partial charge is 0.265 e. The second-order valence-corrected chi connectivity index (χ2v) is 6.08. The van der Waals surface area contributed by atoms with E-state index in [0.29, 0.717) is 16.3 Å². The van der Waals surface area contributed by atoms with Gasteiger partial charge in [0.25, 0.3) is 5.56 Å². The first-order valence-electron chi connectivity index (χ1n) is 6.36. The summed E-state index contributed by atoms with van der Waals surface area (Å²) in [6.45, 7) is 4.29. The van der Waals surface area contributed by atoms with Crippen LogP contribution in [0.2, 0.25) is 0 Å². The van der Waals surface area contributed by atoms with Gasteiger partial charge in [0.1, 0.15) is 10.3 Å². The minimum absolute atomic E-state index is 0.0300. The minimum Gasteiger partial charge on any atom is -0.309 e. The highest BCUT2D eigenvalue weighted by atomic mass is 79.9. The SMILES string of the molecule is CC(C)Cc1nc(C2CCCC2)[nH]c(=O)c1Br. The number of aromatic nitrogens is 2. The van der Waals surface area contributed by atoms with Crippen molar-refractivity contribution >= 4 is 15.9 Å². The molecule has 1 N–H and O–H groups in total. The first kappa shape index (κ1) is 12.8. The Morgan fingerprint density at radius 1 is 1.41 bits per heavy atom. The summed E-state index contributed by atoms with van der Waals surface area (Å²) in [5.74, 6) is 1.87. The van der Waals surface area contributed by atoms with Gasteiger partial charge in [0.05, 0.1) is 5.69 Å². The van der Waals surface area contributed by atoms with Crippen LogP contribution in [0.1, 0.15) is 57.0 Å². The third-order valence-electron chi connectivity index (χ3n) is 3.29. The Morgan fingerprint density at radius 2 is 2.06 bits per heavy atom. The molecule has 0 atom stereocenters. The molecule has 0 saturated heterocycles. The fourth-order valence-electron chi connectivity index (χ4n) is 2.44. The summed E-state index contributed by atoms with van der Waals surface area (Å²) in [5, 5.41) is 0. The molecule has 1 aromatic heterocycles. The van der Waals surface area contributed by atoms with Gasteiger partial charge in [-0.3, -0.25) is 4.79 Å². The zero-order valence-corrected chi connectivity index (χ0v) is 12.0. The van der Waals surface area contributed by atoms with Crippen LogP contribution in [0.4, 0.5) is 0 Å².